The summed E-state index contributed by atoms with van der Waals surface area (Å²) >= 11 is 0. The first-order chi connectivity index (χ1) is 6.43. The minimum atomic E-state index is 0.708. The molecule has 1 aromatic rings. The highest BCUT2D eigenvalue weighted by molar-refractivity contribution is 5.78. The number of hydrogen-bond acceptors (Lipinski definition) is 2. The van der Waals surface area contributed by atoms with Crippen LogP contribution in [0.4, 0.5) is 0 Å². The zero-order valence-corrected chi connectivity index (χ0v) is 7.94. The number of oxime groups is 1. The largest absolute Gasteiger partial charge is 0.396 e. The molecule has 0 atom stereocenters. The standard InChI is InChI=1S/C11H15NO/c1-2-3-9-13-12-10-11-7-5-4-6-8-11/h4-8,10H,2-3,9H2,1H3/b12-10+. The van der Waals surface area contributed by atoms with Gasteiger partial charge in [-0.15, -0.1) is 0 Å². The molecule has 0 amide bonds. The van der Waals surface area contributed by atoms with E-state index in [1.54, 1.807) is 6.21 Å². The van der Waals surface area contributed by atoms with Gasteiger partial charge in [-0.25, -0.2) is 0 Å². The van der Waals surface area contributed by atoms with Crippen LogP contribution < -0.4 is 0 Å². The van der Waals surface area contributed by atoms with E-state index in [1.165, 1.54) is 0 Å². The lowest BCUT2D eigenvalue weighted by atomic mass is 10.2. The smallest absolute Gasteiger partial charge is 0.117 e. The Morgan fingerprint density at radius 3 is 2.77 bits per heavy atom. The molecule has 0 N–H and O–H groups in total. The van der Waals surface area contributed by atoms with Gasteiger partial charge in [0.05, 0.1) is 6.21 Å². The number of rotatable bonds is 5. The Labute approximate surface area is 79.2 Å². The van der Waals surface area contributed by atoms with Gasteiger partial charge in [0.2, 0.25) is 0 Å². The number of benzene rings is 1. The fraction of sp³-hybridized carbons (Fsp3) is 0.364. The molecule has 2 nitrogen and oxygen atoms in total. The van der Waals surface area contributed by atoms with Crippen LogP contribution in [0, 0.1) is 0 Å². The van der Waals surface area contributed by atoms with Crippen molar-refractivity contribution in [2.75, 3.05) is 6.61 Å². The van der Waals surface area contributed by atoms with E-state index in [0.29, 0.717) is 6.61 Å². The maximum absolute atomic E-state index is 5.05. The number of unbranched alkanes of at least 4 members (excludes halogenated alkanes) is 1. The third-order valence-electron chi connectivity index (χ3n) is 1.67. The zero-order chi connectivity index (χ0) is 9.36. The molecular weight excluding hydrogens is 162 g/mol. The monoisotopic (exact) mass is 177 g/mol. The molecule has 0 radical (unpaired) electrons. The van der Waals surface area contributed by atoms with E-state index in [0.717, 1.165) is 18.4 Å². The van der Waals surface area contributed by atoms with Gasteiger partial charge in [-0.05, 0) is 12.0 Å². The Bertz CT molecular complexity index is 244. The topological polar surface area (TPSA) is 21.6 Å². The molecule has 0 saturated heterocycles. The lowest BCUT2D eigenvalue weighted by molar-refractivity contribution is 0.143. The third kappa shape index (κ3) is 4.31. The third-order valence-corrected chi connectivity index (χ3v) is 1.67. The number of hydrogen-bond donors (Lipinski definition) is 0. The van der Waals surface area contributed by atoms with Crippen LogP contribution in [-0.2, 0) is 4.84 Å². The van der Waals surface area contributed by atoms with Crippen LogP contribution in [0.15, 0.2) is 35.5 Å². The van der Waals surface area contributed by atoms with E-state index in [-0.39, 0.29) is 0 Å². The van der Waals surface area contributed by atoms with E-state index in [1.807, 2.05) is 30.3 Å². The summed E-state index contributed by atoms with van der Waals surface area (Å²) in [6, 6.07) is 9.93. The minimum Gasteiger partial charge on any atom is -0.396 e. The second kappa shape index (κ2) is 6.23. The lowest BCUT2D eigenvalue weighted by Crippen LogP contribution is -1.87. The van der Waals surface area contributed by atoms with E-state index >= 15 is 0 Å². The van der Waals surface area contributed by atoms with Gasteiger partial charge < -0.3 is 4.84 Å². The van der Waals surface area contributed by atoms with Crippen molar-refractivity contribution in [3.63, 3.8) is 0 Å². The van der Waals surface area contributed by atoms with Crippen LogP contribution >= 0.6 is 0 Å². The molecule has 0 bridgehead atoms. The van der Waals surface area contributed by atoms with Gasteiger partial charge in [-0.3, -0.25) is 0 Å². The quantitative estimate of drug-likeness (QED) is 0.385. The van der Waals surface area contributed by atoms with Crippen LogP contribution in [0.25, 0.3) is 0 Å². The summed E-state index contributed by atoms with van der Waals surface area (Å²) in [7, 11) is 0. The van der Waals surface area contributed by atoms with Gasteiger partial charge in [0.15, 0.2) is 0 Å². The molecule has 1 rings (SSSR count). The highest BCUT2D eigenvalue weighted by Crippen LogP contribution is 1.94. The average Bonchev–Trinajstić information content (AvgIpc) is 2.19. The zero-order valence-electron chi connectivity index (χ0n) is 7.94. The Kier molecular flexibility index (Phi) is 4.69. The van der Waals surface area contributed by atoms with Gasteiger partial charge in [-0.1, -0.05) is 48.8 Å². The van der Waals surface area contributed by atoms with Crippen LogP contribution in [0.5, 0.6) is 0 Å². The molecule has 70 valence electrons. The van der Waals surface area contributed by atoms with Crippen LogP contribution in [0.1, 0.15) is 25.3 Å². The molecule has 1 aromatic carbocycles. The van der Waals surface area contributed by atoms with Crippen molar-refractivity contribution in [3.05, 3.63) is 35.9 Å². The molecule has 0 aliphatic heterocycles. The van der Waals surface area contributed by atoms with Crippen molar-refractivity contribution in [1.29, 1.82) is 0 Å². The molecule has 0 aromatic heterocycles. The Hall–Kier alpha value is -1.31. The first-order valence-electron chi connectivity index (χ1n) is 4.64. The SMILES string of the molecule is CCCCO/N=C/c1ccccc1. The maximum atomic E-state index is 5.05. The summed E-state index contributed by atoms with van der Waals surface area (Å²) < 4.78 is 0. The Balaban J connectivity index is 2.25. The van der Waals surface area contributed by atoms with Crippen molar-refractivity contribution in [3.8, 4) is 0 Å². The molecule has 0 saturated carbocycles. The number of nitrogens with zero attached hydrogens (tertiary/aromatic N) is 1. The van der Waals surface area contributed by atoms with Crippen molar-refractivity contribution >= 4 is 6.21 Å². The molecule has 0 unspecified atom stereocenters. The summed E-state index contributed by atoms with van der Waals surface area (Å²) in [6.07, 6.45) is 3.93. The van der Waals surface area contributed by atoms with E-state index < -0.39 is 0 Å². The summed E-state index contributed by atoms with van der Waals surface area (Å²) in [5.41, 5.74) is 1.07. The summed E-state index contributed by atoms with van der Waals surface area (Å²) in [6.45, 7) is 2.84. The normalized spacial score (nSPS) is 10.5. The second-order valence-electron chi connectivity index (χ2n) is 2.83. The average molecular weight is 177 g/mol. The van der Waals surface area contributed by atoms with Crippen LogP contribution in [0.3, 0.4) is 0 Å². The molecule has 0 aliphatic rings. The highest BCUT2D eigenvalue weighted by atomic mass is 16.6. The fourth-order valence-electron chi connectivity index (χ4n) is 0.899. The molecule has 0 aliphatic carbocycles. The Morgan fingerprint density at radius 2 is 2.08 bits per heavy atom. The van der Waals surface area contributed by atoms with E-state index in [2.05, 4.69) is 12.1 Å². The molecule has 2 heteroatoms. The first kappa shape index (κ1) is 9.78. The van der Waals surface area contributed by atoms with Gasteiger partial charge in [0.25, 0.3) is 0 Å². The minimum absolute atomic E-state index is 0.708. The van der Waals surface area contributed by atoms with E-state index in [9.17, 15) is 0 Å². The van der Waals surface area contributed by atoms with Crippen molar-refractivity contribution < 1.29 is 4.84 Å². The predicted octanol–water partition coefficient (Wildman–Crippen LogP) is 2.84. The highest BCUT2D eigenvalue weighted by Gasteiger charge is 1.84. The first-order valence-corrected chi connectivity index (χ1v) is 4.64. The molecule has 0 spiro atoms. The molecule has 0 fully saturated rings. The van der Waals surface area contributed by atoms with Crippen molar-refractivity contribution in [2.24, 2.45) is 5.16 Å². The summed E-state index contributed by atoms with van der Waals surface area (Å²) in [5.74, 6) is 0. The molecule has 0 heterocycles. The summed E-state index contributed by atoms with van der Waals surface area (Å²) in [5, 5.41) is 3.85. The maximum Gasteiger partial charge on any atom is 0.117 e. The lowest BCUT2D eigenvalue weighted by Gasteiger charge is -1.95. The van der Waals surface area contributed by atoms with Gasteiger partial charge >= 0.3 is 0 Å². The summed E-state index contributed by atoms with van der Waals surface area (Å²) in [4.78, 5) is 5.05. The van der Waals surface area contributed by atoms with Gasteiger partial charge in [-0.2, -0.15) is 0 Å². The van der Waals surface area contributed by atoms with Crippen LogP contribution in [-0.4, -0.2) is 12.8 Å². The second-order valence-corrected chi connectivity index (χ2v) is 2.83. The van der Waals surface area contributed by atoms with Gasteiger partial charge in [0.1, 0.15) is 6.61 Å². The molecular formula is C11H15NO. The van der Waals surface area contributed by atoms with Crippen molar-refractivity contribution in [2.45, 2.75) is 19.8 Å². The Morgan fingerprint density at radius 1 is 1.31 bits per heavy atom. The molecule has 13 heavy (non-hydrogen) atoms. The van der Waals surface area contributed by atoms with E-state index in [4.69, 9.17) is 4.84 Å². The van der Waals surface area contributed by atoms with Gasteiger partial charge in [0, 0.05) is 0 Å². The predicted molar refractivity (Wildman–Crippen MR) is 54.9 cm³/mol. The van der Waals surface area contributed by atoms with Crippen LogP contribution in [0.2, 0.25) is 0 Å². The van der Waals surface area contributed by atoms with Crippen molar-refractivity contribution in [1.82, 2.24) is 0 Å². The fourth-order valence-corrected chi connectivity index (χ4v) is 0.899.